The Bertz CT molecular complexity index is 421. The van der Waals surface area contributed by atoms with E-state index in [1.54, 1.807) is 4.68 Å². The maximum atomic E-state index is 12.1. The van der Waals surface area contributed by atoms with E-state index in [2.05, 4.69) is 5.10 Å². The van der Waals surface area contributed by atoms with Gasteiger partial charge in [-0.3, -0.25) is 9.48 Å². The summed E-state index contributed by atoms with van der Waals surface area (Å²) in [7, 11) is 1.87. The lowest BCUT2D eigenvalue weighted by Gasteiger charge is -2.34. The van der Waals surface area contributed by atoms with Gasteiger partial charge in [-0.25, -0.2) is 0 Å². The predicted molar refractivity (Wildman–Crippen MR) is 56.7 cm³/mol. The number of carbonyl (C=O) groups excluding carboxylic acids is 1. The molecule has 2 aliphatic rings. The average molecular weight is 204 g/mol. The molecule has 3 heteroatoms. The third kappa shape index (κ3) is 1.33. The van der Waals surface area contributed by atoms with E-state index >= 15 is 0 Å². The number of hydrogen-bond acceptors (Lipinski definition) is 2. The summed E-state index contributed by atoms with van der Waals surface area (Å²) >= 11 is 0. The molecular weight excluding hydrogens is 188 g/mol. The van der Waals surface area contributed by atoms with Crippen LogP contribution < -0.4 is 0 Å². The predicted octanol–water partition coefficient (Wildman–Crippen LogP) is 2.10. The normalized spacial score (nSPS) is 22.8. The Balaban J connectivity index is 1.77. The van der Waals surface area contributed by atoms with Gasteiger partial charge < -0.3 is 0 Å². The molecule has 1 aromatic heterocycles. The minimum absolute atomic E-state index is 0.265. The number of hydrogen-bond donors (Lipinski definition) is 0. The van der Waals surface area contributed by atoms with Crippen molar-refractivity contribution < 1.29 is 4.79 Å². The van der Waals surface area contributed by atoms with Crippen LogP contribution >= 0.6 is 0 Å². The van der Waals surface area contributed by atoms with E-state index in [1.165, 1.54) is 12.8 Å². The first-order valence-corrected chi connectivity index (χ1v) is 5.64. The molecule has 0 aliphatic heterocycles. The van der Waals surface area contributed by atoms with Crippen LogP contribution in [0.4, 0.5) is 0 Å². The molecule has 0 N–H and O–H groups in total. The topological polar surface area (TPSA) is 34.9 Å². The fraction of sp³-hybridized carbons (Fsp3) is 0.667. The molecule has 0 aromatic carbocycles. The van der Waals surface area contributed by atoms with Gasteiger partial charge in [-0.05, 0) is 43.6 Å². The monoisotopic (exact) mass is 204 g/mol. The van der Waals surface area contributed by atoms with Crippen LogP contribution in [0.3, 0.4) is 0 Å². The van der Waals surface area contributed by atoms with Crippen molar-refractivity contribution in [3.8, 4) is 0 Å². The number of Topliss-reactive ketones (excluding diaryl/α,β-unsaturated/α-hetero) is 1. The molecule has 80 valence electrons. The van der Waals surface area contributed by atoms with Crippen LogP contribution in [0.15, 0.2) is 6.20 Å². The molecule has 2 fully saturated rings. The van der Waals surface area contributed by atoms with Gasteiger partial charge in [0.25, 0.3) is 0 Å². The van der Waals surface area contributed by atoms with Crippen LogP contribution in [0.25, 0.3) is 0 Å². The molecule has 2 saturated carbocycles. The van der Waals surface area contributed by atoms with Gasteiger partial charge in [0.1, 0.15) is 5.69 Å². The molecule has 3 nitrogen and oxygen atoms in total. The SMILES string of the molecule is Cc1cn(C)nc1C(=O)C1CC2(CC2)C1. The Kier molecular flexibility index (Phi) is 1.65. The Morgan fingerprint density at radius 2 is 2.20 bits per heavy atom. The van der Waals surface area contributed by atoms with Crippen molar-refractivity contribution in [2.24, 2.45) is 18.4 Å². The highest BCUT2D eigenvalue weighted by Gasteiger charge is 2.55. The molecule has 0 bridgehead atoms. The zero-order valence-electron chi connectivity index (χ0n) is 9.29. The smallest absolute Gasteiger partial charge is 0.186 e. The summed E-state index contributed by atoms with van der Waals surface area (Å²) in [5, 5.41) is 4.25. The first kappa shape index (κ1) is 9.13. The van der Waals surface area contributed by atoms with E-state index in [0.717, 1.165) is 18.4 Å². The van der Waals surface area contributed by atoms with Crippen molar-refractivity contribution in [3.63, 3.8) is 0 Å². The van der Waals surface area contributed by atoms with E-state index in [1.807, 2.05) is 20.2 Å². The van der Waals surface area contributed by atoms with Gasteiger partial charge >= 0.3 is 0 Å². The Morgan fingerprint density at radius 1 is 1.53 bits per heavy atom. The first-order chi connectivity index (χ1) is 7.10. The van der Waals surface area contributed by atoms with E-state index in [9.17, 15) is 4.79 Å². The third-order valence-electron chi connectivity index (χ3n) is 3.93. The second-order valence-electron chi connectivity index (χ2n) is 5.30. The van der Waals surface area contributed by atoms with Crippen molar-refractivity contribution in [1.29, 1.82) is 0 Å². The number of rotatable bonds is 2. The molecule has 0 amide bonds. The van der Waals surface area contributed by atoms with Crippen molar-refractivity contribution in [2.45, 2.75) is 32.6 Å². The van der Waals surface area contributed by atoms with E-state index in [4.69, 9.17) is 0 Å². The highest BCUT2D eigenvalue weighted by molar-refractivity contribution is 5.98. The van der Waals surface area contributed by atoms with Crippen molar-refractivity contribution >= 4 is 5.78 Å². The second kappa shape index (κ2) is 2.71. The van der Waals surface area contributed by atoms with Crippen LogP contribution in [0, 0.1) is 18.3 Å². The lowest BCUT2D eigenvalue weighted by Crippen LogP contribution is -2.32. The lowest BCUT2D eigenvalue weighted by atomic mass is 9.69. The van der Waals surface area contributed by atoms with Gasteiger partial charge in [-0.15, -0.1) is 0 Å². The number of aryl methyl sites for hydroxylation is 2. The number of carbonyl (C=O) groups is 1. The maximum absolute atomic E-state index is 12.1. The molecular formula is C12H16N2O. The van der Waals surface area contributed by atoms with Gasteiger partial charge in [-0.1, -0.05) is 0 Å². The Labute approximate surface area is 89.5 Å². The molecule has 0 unspecified atom stereocenters. The number of ketones is 1. The molecule has 0 radical (unpaired) electrons. The minimum atomic E-state index is 0.265. The summed E-state index contributed by atoms with van der Waals surface area (Å²) in [4.78, 5) is 12.1. The highest BCUT2D eigenvalue weighted by Crippen LogP contribution is 2.63. The average Bonchev–Trinajstić information content (AvgIpc) is 2.84. The number of nitrogens with zero attached hydrogens (tertiary/aromatic N) is 2. The molecule has 1 aromatic rings. The maximum Gasteiger partial charge on any atom is 0.186 e. The largest absolute Gasteiger partial charge is 0.292 e. The summed E-state index contributed by atoms with van der Waals surface area (Å²) in [5.41, 5.74) is 2.31. The minimum Gasteiger partial charge on any atom is -0.292 e. The van der Waals surface area contributed by atoms with Crippen LogP contribution in [0.1, 0.15) is 41.7 Å². The molecule has 0 saturated heterocycles. The van der Waals surface area contributed by atoms with Gasteiger partial charge in [0.2, 0.25) is 0 Å². The molecule has 1 heterocycles. The molecule has 1 spiro atoms. The number of aromatic nitrogens is 2. The van der Waals surface area contributed by atoms with Crippen molar-refractivity contribution in [2.75, 3.05) is 0 Å². The molecule has 15 heavy (non-hydrogen) atoms. The summed E-state index contributed by atoms with van der Waals surface area (Å²) in [5.74, 6) is 0.534. The van der Waals surface area contributed by atoms with Gasteiger partial charge in [0.15, 0.2) is 5.78 Å². The molecule has 2 aliphatic carbocycles. The van der Waals surface area contributed by atoms with E-state index in [-0.39, 0.29) is 11.7 Å². The quantitative estimate of drug-likeness (QED) is 0.691. The zero-order valence-corrected chi connectivity index (χ0v) is 9.29. The Morgan fingerprint density at radius 3 is 2.67 bits per heavy atom. The van der Waals surface area contributed by atoms with E-state index < -0.39 is 0 Å². The lowest BCUT2D eigenvalue weighted by molar-refractivity contribution is 0.0734. The zero-order chi connectivity index (χ0) is 10.6. The van der Waals surface area contributed by atoms with Gasteiger partial charge in [-0.2, -0.15) is 5.10 Å². The first-order valence-electron chi connectivity index (χ1n) is 5.64. The molecule has 3 rings (SSSR count). The Hall–Kier alpha value is -1.12. The second-order valence-corrected chi connectivity index (χ2v) is 5.30. The fourth-order valence-corrected chi connectivity index (χ4v) is 2.80. The summed E-state index contributed by atoms with van der Waals surface area (Å²) in [6.45, 7) is 1.96. The summed E-state index contributed by atoms with van der Waals surface area (Å²) in [6.07, 6.45) is 6.83. The standard InChI is InChI=1S/C12H16N2O/c1-8-7-14(2)13-10(8)11(15)9-5-12(6-9)3-4-12/h7,9H,3-6H2,1-2H3. The van der Waals surface area contributed by atoms with Gasteiger partial charge in [0.05, 0.1) is 0 Å². The van der Waals surface area contributed by atoms with Crippen LogP contribution in [-0.4, -0.2) is 15.6 Å². The van der Waals surface area contributed by atoms with Crippen LogP contribution in [0.2, 0.25) is 0 Å². The summed E-state index contributed by atoms with van der Waals surface area (Å²) < 4.78 is 1.73. The highest BCUT2D eigenvalue weighted by atomic mass is 16.1. The summed E-state index contributed by atoms with van der Waals surface area (Å²) in [6, 6.07) is 0. The molecule has 0 atom stereocenters. The fourth-order valence-electron chi connectivity index (χ4n) is 2.80. The van der Waals surface area contributed by atoms with Crippen molar-refractivity contribution in [1.82, 2.24) is 9.78 Å². The van der Waals surface area contributed by atoms with E-state index in [0.29, 0.717) is 11.1 Å². The third-order valence-corrected chi connectivity index (χ3v) is 3.93. The van der Waals surface area contributed by atoms with Gasteiger partial charge in [0, 0.05) is 19.2 Å². The van der Waals surface area contributed by atoms with Crippen LogP contribution in [0.5, 0.6) is 0 Å². The van der Waals surface area contributed by atoms with Crippen molar-refractivity contribution in [3.05, 3.63) is 17.5 Å². The van der Waals surface area contributed by atoms with Crippen LogP contribution in [-0.2, 0) is 7.05 Å².